The van der Waals surface area contributed by atoms with E-state index in [9.17, 15) is 5.11 Å². The van der Waals surface area contributed by atoms with Gasteiger partial charge in [-0.15, -0.1) is 11.3 Å². The summed E-state index contributed by atoms with van der Waals surface area (Å²) >= 11 is 1.65. The number of aromatic hydroxyl groups is 1. The molecule has 3 nitrogen and oxygen atoms in total. The minimum Gasteiger partial charge on any atom is -0.507 e. The van der Waals surface area contributed by atoms with Crippen molar-refractivity contribution in [2.24, 2.45) is 0 Å². The molecule has 5 heteroatoms. The molecule has 3 aromatic carbocycles. The number of para-hydroxylation sites is 1. The van der Waals surface area contributed by atoms with Crippen molar-refractivity contribution in [3.05, 3.63) is 83.6 Å². The Morgan fingerprint density at radius 2 is 1.49 bits per heavy atom. The molecule has 0 radical (unpaired) electrons. The molecule has 0 unspecified atom stereocenters. The Labute approximate surface area is 263 Å². The molecule has 0 atom stereocenters. The second-order valence-corrected chi connectivity index (χ2v) is 21.4. The topological polar surface area (TPSA) is 46.0 Å². The lowest BCUT2D eigenvalue weighted by atomic mass is 9.79. The molecule has 5 aromatic rings. The summed E-state index contributed by atoms with van der Waals surface area (Å²) in [5, 5.41) is 13.8. The van der Waals surface area contributed by atoms with Crippen LogP contribution in [0.25, 0.3) is 43.2 Å². The number of fused-ring (bicyclic) bond motifs is 1. The van der Waals surface area contributed by atoms with Crippen LogP contribution in [0, 0.1) is 0 Å². The number of nitrogens with zero attached hydrogens (tertiary/aromatic N) is 2. The number of thiazole rings is 1. The van der Waals surface area contributed by atoms with Crippen LogP contribution in [-0.4, -0.2) is 23.1 Å². The number of hydrogen-bond donors (Lipinski definition) is 1. The molecule has 0 aliphatic heterocycles. The van der Waals surface area contributed by atoms with E-state index in [2.05, 4.69) is 142 Å². The molecular formula is C38H46N2OSSi. The highest BCUT2D eigenvalue weighted by molar-refractivity contribution is 7.21. The average Bonchev–Trinajstić information content (AvgIpc) is 3.35. The van der Waals surface area contributed by atoms with Gasteiger partial charge in [0.05, 0.1) is 29.5 Å². The zero-order valence-electron chi connectivity index (χ0n) is 27.7. The predicted molar refractivity (Wildman–Crippen MR) is 190 cm³/mol. The Kier molecular flexibility index (Phi) is 7.98. The predicted octanol–water partition coefficient (Wildman–Crippen LogP) is 10.7. The first-order valence-corrected chi connectivity index (χ1v) is 19.7. The number of hydrogen-bond acceptors (Lipinski definition) is 4. The molecule has 0 fully saturated rings. The number of pyridine rings is 1. The van der Waals surface area contributed by atoms with E-state index in [1.807, 2.05) is 0 Å². The van der Waals surface area contributed by atoms with Crippen LogP contribution in [0.3, 0.4) is 0 Å². The van der Waals surface area contributed by atoms with Crippen molar-refractivity contribution in [3.8, 4) is 38.7 Å². The molecular weight excluding hydrogens is 561 g/mol. The van der Waals surface area contributed by atoms with Crippen molar-refractivity contribution in [3.63, 3.8) is 0 Å². The molecule has 1 N–H and O–H groups in total. The van der Waals surface area contributed by atoms with Crippen molar-refractivity contribution < 1.29 is 5.11 Å². The number of aromatic nitrogens is 2. The van der Waals surface area contributed by atoms with E-state index in [1.54, 1.807) is 11.3 Å². The third kappa shape index (κ3) is 6.34. The molecule has 2 aromatic heterocycles. The Balaban J connectivity index is 1.68. The molecule has 0 saturated carbocycles. The van der Waals surface area contributed by atoms with Gasteiger partial charge in [-0.25, -0.2) is 4.98 Å². The van der Waals surface area contributed by atoms with E-state index in [0.29, 0.717) is 11.7 Å². The maximum atomic E-state index is 11.6. The standard InChI is InChI=1S/C38H46N2OSSi/c1-23(2)24-17-25(19-26(18-24)32-16-15-28(22-39-32)43(9,10)11)29-13-12-14-33-34(29)40-36(42-33)30-20-27(37(3,4)5)21-31(35(30)41)38(6,7)8/h12-23,41H,1-11H3. The minimum absolute atomic E-state index is 0.0563. The highest BCUT2D eigenvalue weighted by atomic mass is 32.1. The van der Waals surface area contributed by atoms with Crippen molar-refractivity contribution in [1.29, 1.82) is 0 Å². The summed E-state index contributed by atoms with van der Waals surface area (Å²) in [5.41, 5.74) is 9.33. The molecule has 5 rings (SSSR count). The first kappa shape index (κ1) is 31.2. The van der Waals surface area contributed by atoms with Crippen molar-refractivity contribution in [2.75, 3.05) is 0 Å². The Morgan fingerprint density at radius 1 is 0.791 bits per heavy atom. The van der Waals surface area contributed by atoms with Gasteiger partial charge in [-0.05, 0) is 69.0 Å². The summed E-state index contributed by atoms with van der Waals surface area (Å²) in [6, 6.07) is 22.0. The van der Waals surface area contributed by atoms with Crippen molar-refractivity contribution in [1.82, 2.24) is 9.97 Å². The van der Waals surface area contributed by atoms with Crippen molar-refractivity contribution in [2.45, 2.75) is 91.8 Å². The highest BCUT2D eigenvalue weighted by Crippen LogP contribution is 2.45. The Morgan fingerprint density at radius 3 is 2.07 bits per heavy atom. The van der Waals surface area contributed by atoms with Gasteiger partial charge in [0.15, 0.2) is 0 Å². The Bertz CT molecular complexity index is 1800. The van der Waals surface area contributed by atoms with Crippen LogP contribution in [-0.2, 0) is 10.8 Å². The maximum absolute atomic E-state index is 11.6. The lowest BCUT2D eigenvalue weighted by Gasteiger charge is -2.27. The van der Waals surface area contributed by atoms with E-state index in [4.69, 9.17) is 9.97 Å². The first-order chi connectivity index (χ1) is 19.9. The van der Waals surface area contributed by atoms with Gasteiger partial charge in [-0.1, -0.05) is 105 Å². The van der Waals surface area contributed by atoms with Gasteiger partial charge < -0.3 is 5.11 Å². The van der Waals surface area contributed by atoms with Gasteiger partial charge in [-0.2, -0.15) is 0 Å². The van der Waals surface area contributed by atoms with Crippen LogP contribution in [0.4, 0.5) is 0 Å². The summed E-state index contributed by atoms with van der Waals surface area (Å²) in [7, 11) is -1.43. The number of phenolic OH excluding ortho intramolecular Hbond substituents is 1. The van der Waals surface area contributed by atoms with Crippen LogP contribution in [0.5, 0.6) is 5.75 Å². The lowest BCUT2D eigenvalue weighted by molar-refractivity contribution is 0.446. The quantitative estimate of drug-likeness (QED) is 0.202. The summed E-state index contributed by atoms with van der Waals surface area (Å²) in [6.07, 6.45) is 2.07. The third-order valence-corrected chi connectivity index (χ3v) is 11.4. The van der Waals surface area contributed by atoms with E-state index < -0.39 is 8.07 Å². The summed E-state index contributed by atoms with van der Waals surface area (Å²) in [4.78, 5) is 10.1. The molecule has 2 heterocycles. The smallest absolute Gasteiger partial charge is 0.129 e. The van der Waals surface area contributed by atoms with E-state index in [0.717, 1.165) is 48.7 Å². The van der Waals surface area contributed by atoms with Gasteiger partial charge in [0, 0.05) is 22.9 Å². The lowest BCUT2D eigenvalue weighted by Crippen LogP contribution is -2.37. The molecule has 224 valence electrons. The average molecular weight is 607 g/mol. The highest BCUT2D eigenvalue weighted by Gasteiger charge is 2.27. The minimum atomic E-state index is -1.43. The van der Waals surface area contributed by atoms with Crippen LogP contribution in [0.1, 0.15) is 78.0 Å². The summed E-state index contributed by atoms with van der Waals surface area (Å²) in [6.45, 7) is 24.7. The van der Waals surface area contributed by atoms with Gasteiger partial charge in [0.1, 0.15) is 10.8 Å². The first-order valence-electron chi connectivity index (χ1n) is 15.3. The van der Waals surface area contributed by atoms with Gasteiger partial charge >= 0.3 is 0 Å². The second-order valence-electron chi connectivity index (χ2n) is 15.3. The van der Waals surface area contributed by atoms with E-state index in [1.165, 1.54) is 16.3 Å². The van der Waals surface area contributed by atoms with Crippen LogP contribution >= 0.6 is 11.3 Å². The van der Waals surface area contributed by atoms with E-state index >= 15 is 0 Å². The summed E-state index contributed by atoms with van der Waals surface area (Å²) < 4.78 is 1.11. The Hall–Kier alpha value is -3.28. The molecule has 0 bridgehead atoms. The van der Waals surface area contributed by atoms with Crippen LogP contribution in [0.2, 0.25) is 19.6 Å². The molecule has 43 heavy (non-hydrogen) atoms. The second kappa shape index (κ2) is 11.0. The number of rotatable bonds is 5. The van der Waals surface area contributed by atoms with Gasteiger partial charge in [0.25, 0.3) is 0 Å². The fourth-order valence-corrected chi connectivity index (χ4v) is 7.44. The normalized spacial score (nSPS) is 12.8. The van der Waals surface area contributed by atoms with Gasteiger partial charge in [0.2, 0.25) is 0 Å². The van der Waals surface area contributed by atoms with Crippen LogP contribution in [0.15, 0.2) is 66.9 Å². The molecule has 0 aliphatic carbocycles. The number of phenols is 1. The fraction of sp³-hybridized carbons (Fsp3) is 0.368. The SMILES string of the molecule is CC(C)c1cc(-c2ccc([Si](C)(C)C)cn2)cc(-c2cccc3sc(-c4cc(C(C)(C)C)cc(C(C)(C)C)c4O)nc23)c1. The monoisotopic (exact) mass is 606 g/mol. The molecule has 0 aliphatic rings. The fourth-order valence-electron chi connectivity index (χ4n) is 5.40. The molecule has 0 amide bonds. The van der Waals surface area contributed by atoms with Crippen molar-refractivity contribution >= 4 is 34.8 Å². The maximum Gasteiger partial charge on any atom is 0.129 e. The zero-order chi connectivity index (χ0) is 31.5. The largest absolute Gasteiger partial charge is 0.507 e. The zero-order valence-corrected chi connectivity index (χ0v) is 29.5. The van der Waals surface area contributed by atoms with Crippen LogP contribution < -0.4 is 5.19 Å². The van der Waals surface area contributed by atoms with Gasteiger partial charge in [-0.3, -0.25) is 4.98 Å². The number of benzene rings is 3. The molecule has 0 spiro atoms. The third-order valence-electron chi connectivity index (χ3n) is 8.29. The van der Waals surface area contributed by atoms with E-state index in [-0.39, 0.29) is 10.8 Å². The molecule has 0 saturated heterocycles. The summed E-state index contributed by atoms with van der Waals surface area (Å²) in [5.74, 6) is 0.705.